The van der Waals surface area contributed by atoms with Crippen LogP contribution in [0.4, 0.5) is 5.82 Å². The summed E-state index contributed by atoms with van der Waals surface area (Å²) in [7, 11) is 0. The Bertz CT molecular complexity index is 658. The first-order valence-electron chi connectivity index (χ1n) is 4.83. The van der Waals surface area contributed by atoms with Crippen LogP contribution < -0.4 is 5.32 Å². The summed E-state index contributed by atoms with van der Waals surface area (Å²) >= 11 is 0. The van der Waals surface area contributed by atoms with Crippen LogP contribution in [0, 0.1) is 0 Å². The molecular weight excluding hydrogens is 222 g/mol. The summed E-state index contributed by atoms with van der Waals surface area (Å²) in [4.78, 5) is 26.5. The van der Waals surface area contributed by atoms with Gasteiger partial charge < -0.3 is 14.7 Å². The summed E-state index contributed by atoms with van der Waals surface area (Å²) in [5.74, 6) is 0.183. The molecule has 3 aromatic rings. The maximum Gasteiger partial charge on any atom is 0.292 e. The van der Waals surface area contributed by atoms with E-state index in [2.05, 4.69) is 25.3 Å². The number of carbonyl (C=O) groups excluding carboxylic acids is 1. The maximum absolute atomic E-state index is 11.7. The van der Waals surface area contributed by atoms with Crippen LogP contribution in [-0.2, 0) is 0 Å². The van der Waals surface area contributed by atoms with Crippen molar-refractivity contribution in [3.05, 3.63) is 36.8 Å². The second kappa shape index (κ2) is 3.71. The average Bonchev–Trinajstić information content (AvgIpc) is 3.00. The number of aromatic amines is 1. The first-order valence-corrected chi connectivity index (χ1v) is 4.83. The van der Waals surface area contributed by atoms with Crippen LogP contribution in [0.15, 0.2) is 35.5 Å². The first kappa shape index (κ1) is 9.52. The van der Waals surface area contributed by atoms with Gasteiger partial charge >= 0.3 is 0 Å². The van der Waals surface area contributed by atoms with Gasteiger partial charge in [-0.25, -0.2) is 15.0 Å². The summed E-state index contributed by atoms with van der Waals surface area (Å²) in [5, 5.41) is 2.61. The van der Waals surface area contributed by atoms with Gasteiger partial charge in [0, 0.05) is 0 Å². The molecule has 2 N–H and O–H groups in total. The molecule has 3 aromatic heterocycles. The number of imidazole rings is 1. The predicted molar refractivity (Wildman–Crippen MR) is 58.3 cm³/mol. The van der Waals surface area contributed by atoms with Gasteiger partial charge in [0.15, 0.2) is 22.7 Å². The highest BCUT2D eigenvalue weighted by Gasteiger charge is 2.12. The number of hydrogen-bond acceptors (Lipinski definition) is 5. The van der Waals surface area contributed by atoms with E-state index in [1.807, 2.05) is 0 Å². The molecule has 0 radical (unpaired) electrons. The van der Waals surface area contributed by atoms with Crippen LogP contribution in [0.25, 0.3) is 11.2 Å². The lowest BCUT2D eigenvalue weighted by Crippen LogP contribution is -2.12. The minimum Gasteiger partial charge on any atom is -0.459 e. The van der Waals surface area contributed by atoms with Crippen LogP contribution in [0.1, 0.15) is 10.6 Å². The number of anilines is 1. The van der Waals surface area contributed by atoms with Crippen LogP contribution in [0.5, 0.6) is 0 Å². The van der Waals surface area contributed by atoms with Gasteiger partial charge in [-0.1, -0.05) is 0 Å². The van der Waals surface area contributed by atoms with Crippen molar-refractivity contribution in [2.24, 2.45) is 0 Å². The van der Waals surface area contributed by atoms with E-state index in [-0.39, 0.29) is 11.7 Å². The molecule has 0 aliphatic heterocycles. The highest BCUT2D eigenvalue weighted by molar-refractivity contribution is 6.04. The van der Waals surface area contributed by atoms with Gasteiger partial charge in [0.1, 0.15) is 6.33 Å². The molecule has 0 saturated heterocycles. The number of amides is 1. The highest BCUT2D eigenvalue weighted by atomic mass is 16.3. The van der Waals surface area contributed by atoms with Crippen molar-refractivity contribution >= 4 is 22.9 Å². The van der Waals surface area contributed by atoms with E-state index < -0.39 is 0 Å². The number of hydrogen-bond donors (Lipinski definition) is 2. The Morgan fingerprint density at radius 1 is 1.35 bits per heavy atom. The van der Waals surface area contributed by atoms with E-state index in [9.17, 15) is 4.79 Å². The molecule has 3 heterocycles. The molecule has 1 amide bonds. The Kier molecular flexibility index (Phi) is 2.08. The number of rotatable bonds is 2. The lowest BCUT2D eigenvalue weighted by Gasteiger charge is -2.01. The molecule has 0 bridgehead atoms. The Morgan fingerprint density at radius 2 is 2.29 bits per heavy atom. The second-order valence-electron chi connectivity index (χ2n) is 3.25. The Hall–Kier alpha value is -2.70. The average molecular weight is 229 g/mol. The second-order valence-corrected chi connectivity index (χ2v) is 3.25. The van der Waals surface area contributed by atoms with E-state index in [0.29, 0.717) is 17.0 Å². The van der Waals surface area contributed by atoms with Crippen molar-refractivity contribution in [3.63, 3.8) is 0 Å². The van der Waals surface area contributed by atoms with Crippen molar-refractivity contribution in [2.45, 2.75) is 0 Å². The standard InChI is InChI=1S/C10H7N5O2/c16-10(6-2-1-3-17-6)15-9-7-8(12-4-11-7)13-5-14-9/h1-5H,(H2,11,12,13,14,15,16). The van der Waals surface area contributed by atoms with E-state index in [4.69, 9.17) is 4.42 Å². The third kappa shape index (κ3) is 1.63. The number of furan rings is 1. The van der Waals surface area contributed by atoms with Gasteiger partial charge in [-0.15, -0.1) is 0 Å². The molecule has 0 atom stereocenters. The van der Waals surface area contributed by atoms with Crippen molar-refractivity contribution in [2.75, 3.05) is 5.32 Å². The van der Waals surface area contributed by atoms with Crippen molar-refractivity contribution in [3.8, 4) is 0 Å². The van der Waals surface area contributed by atoms with Gasteiger partial charge in [0.2, 0.25) is 0 Å². The zero-order valence-corrected chi connectivity index (χ0v) is 8.54. The summed E-state index contributed by atoms with van der Waals surface area (Å²) in [5.41, 5.74) is 1.07. The fourth-order valence-electron chi connectivity index (χ4n) is 1.43. The van der Waals surface area contributed by atoms with E-state index in [0.717, 1.165) is 0 Å². The fraction of sp³-hybridized carbons (Fsp3) is 0. The van der Waals surface area contributed by atoms with Crippen molar-refractivity contribution in [1.82, 2.24) is 19.9 Å². The van der Waals surface area contributed by atoms with Crippen LogP contribution in [0.3, 0.4) is 0 Å². The largest absolute Gasteiger partial charge is 0.459 e. The number of nitrogens with zero attached hydrogens (tertiary/aromatic N) is 3. The topological polar surface area (TPSA) is 96.7 Å². The molecule has 7 nitrogen and oxygen atoms in total. The molecule has 0 aliphatic rings. The van der Waals surface area contributed by atoms with Crippen molar-refractivity contribution in [1.29, 1.82) is 0 Å². The molecule has 0 aromatic carbocycles. The fourth-order valence-corrected chi connectivity index (χ4v) is 1.43. The van der Waals surface area contributed by atoms with Gasteiger partial charge in [-0.3, -0.25) is 4.79 Å². The molecule has 0 spiro atoms. The quantitative estimate of drug-likeness (QED) is 0.688. The van der Waals surface area contributed by atoms with Gasteiger partial charge in [0.25, 0.3) is 5.91 Å². The third-order valence-electron chi connectivity index (χ3n) is 2.19. The Morgan fingerprint density at radius 3 is 3.12 bits per heavy atom. The monoisotopic (exact) mass is 229 g/mol. The van der Waals surface area contributed by atoms with Gasteiger partial charge in [-0.05, 0) is 12.1 Å². The molecule has 0 saturated carbocycles. The molecule has 0 aliphatic carbocycles. The third-order valence-corrected chi connectivity index (χ3v) is 2.19. The Balaban J connectivity index is 1.95. The molecule has 7 heteroatoms. The molecular formula is C10H7N5O2. The maximum atomic E-state index is 11.7. The van der Waals surface area contributed by atoms with E-state index in [1.165, 1.54) is 18.9 Å². The highest BCUT2D eigenvalue weighted by Crippen LogP contribution is 2.15. The summed E-state index contributed by atoms with van der Waals surface area (Å²) < 4.78 is 4.98. The van der Waals surface area contributed by atoms with Gasteiger partial charge in [0.05, 0.1) is 12.6 Å². The molecule has 17 heavy (non-hydrogen) atoms. The zero-order valence-electron chi connectivity index (χ0n) is 8.54. The van der Waals surface area contributed by atoms with Crippen LogP contribution >= 0.6 is 0 Å². The Labute approximate surface area is 94.9 Å². The predicted octanol–water partition coefficient (Wildman–Crippen LogP) is 1.20. The minimum atomic E-state index is -0.377. The van der Waals surface area contributed by atoms with Gasteiger partial charge in [-0.2, -0.15) is 0 Å². The lowest BCUT2D eigenvalue weighted by atomic mass is 10.4. The van der Waals surface area contributed by atoms with Crippen LogP contribution in [0.2, 0.25) is 0 Å². The number of carbonyl (C=O) groups is 1. The molecule has 0 unspecified atom stereocenters. The van der Waals surface area contributed by atoms with E-state index in [1.54, 1.807) is 12.1 Å². The zero-order chi connectivity index (χ0) is 11.7. The normalized spacial score (nSPS) is 10.6. The first-order chi connectivity index (χ1) is 8.34. The number of nitrogens with one attached hydrogen (secondary N) is 2. The summed E-state index contributed by atoms with van der Waals surface area (Å²) in [6.45, 7) is 0. The lowest BCUT2D eigenvalue weighted by molar-refractivity contribution is 0.0996. The summed E-state index contributed by atoms with van der Waals surface area (Å²) in [6.07, 6.45) is 4.26. The van der Waals surface area contributed by atoms with Crippen LogP contribution in [-0.4, -0.2) is 25.8 Å². The number of fused-ring (bicyclic) bond motifs is 1. The van der Waals surface area contributed by atoms with Crippen molar-refractivity contribution < 1.29 is 9.21 Å². The SMILES string of the molecule is O=C(Nc1ncnc2[nH]cnc12)c1ccco1. The molecule has 84 valence electrons. The smallest absolute Gasteiger partial charge is 0.292 e. The summed E-state index contributed by atoms with van der Waals surface area (Å²) in [6, 6.07) is 3.21. The molecule has 3 rings (SSSR count). The molecule has 0 fully saturated rings. The minimum absolute atomic E-state index is 0.215. The van der Waals surface area contributed by atoms with E-state index >= 15 is 0 Å². The number of H-pyrrole nitrogens is 1. The number of aromatic nitrogens is 4.